The van der Waals surface area contributed by atoms with Crippen molar-refractivity contribution in [1.29, 1.82) is 0 Å². The second-order valence-electron chi connectivity index (χ2n) is 7.81. The number of benzene rings is 3. The third-order valence-electron chi connectivity index (χ3n) is 5.69. The summed E-state index contributed by atoms with van der Waals surface area (Å²) in [6.45, 7) is 1.88. The van der Waals surface area contributed by atoms with Gasteiger partial charge in [-0.2, -0.15) is 0 Å². The topological polar surface area (TPSA) is 120 Å². The average Bonchev–Trinajstić information content (AvgIpc) is 2.82. The maximum Gasteiger partial charge on any atom is 0.315 e. The van der Waals surface area contributed by atoms with Gasteiger partial charge in [-0.05, 0) is 23.1 Å². The molecule has 0 spiro atoms. The largest absolute Gasteiger partial charge is 0.507 e. The normalized spacial score (nSPS) is 16.0. The quantitative estimate of drug-likeness (QED) is 0.395. The van der Waals surface area contributed by atoms with Crippen LogP contribution in [-0.4, -0.2) is 48.1 Å². The Bertz CT molecular complexity index is 1120. The van der Waals surface area contributed by atoms with Crippen LogP contribution in [0.1, 0.15) is 17.2 Å². The summed E-state index contributed by atoms with van der Waals surface area (Å²) < 4.78 is 0. The molecule has 6 N–H and O–H groups in total. The Morgan fingerprint density at radius 3 is 2.66 bits per heavy atom. The SMILES string of the molecule is Nc1ccc(CNC(=O)NCC(=O)N2CCNCC2c2ccc3ccccc3c2O)cc1. The molecule has 1 aliphatic rings. The fraction of sp³-hybridized carbons (Fsp3) is 0.250. The van der Waals surface area contributed by atoms with Crippen LogP contribution in [0.25, 0.3) is 10.8 Å². The Hall–Kier alpha value is -3.78. The van der Waals surface area contributed by atoms with Gasteiger partial charge in [0.1, 0.15) is 5.75 Å². The van der Waals surface area contributed by atoms with E-state index in [0.717, 1.165) is 16.3 Å². The van der Waals surface area contributed by atoms with E-state index in [0.29, 0.717) is 37.4 Å². The van der Waals surface area contributed by atoms with Crippen molar-refractivity contribution in [1.82, 2.24) is 20.9 Å². The van der Waals surface area contributed by atoms with Crippen molar-refractivity contribution < 1.29 is 14.7 Å². The first kappa shape index (κ1) is 21.5. The lowest BCUT2D eigenvalue weighted by Gasteiger charge is -2.37. The van der Waals surface area contributed by atoms with E-state index in [1.165, 1.54) is 0 Å². The summed E-state index contributed by atoms with van der Waals surface area (Å²) in [5, 5.41) is 21.2. The van der Waals surface area contributed by atoms with Crippen LogP contribution >= 0.6 is 0 Å². The van der Waals surface area contributed by atoms with Gasteiger partial charge in [0.2, 0.25) is 5.91 Å². The zero-order chi connectivity index (χ0) is 22.5. The summed E-state index contributed by atoms with van der Waals surface area (Å²) in [6.07, 6.45) is 0. The molecule has 1 atom stereocenters. The predicted molar refractivity (Wildman–Crippen MR) is 124 cm³/mol. The highest BCUT2D eigenvalue weighted by molar-refractivity contribution is 5.90. The van der Waals surface area contributed by atoms with E-state index >= 15 is 0 Å². The average molecular weight is 434 g/mol. The van der Waals surface area contributed by atoms with Gasteiger partial charge < -0.3 is 31.7 Å². The highest BCUT2D eigenvalue weighted by Gasteiger charge is 2.30. The number of aromatic hydroxyl groups is 1. The molecule has 0 aliphatic carbocycles. The highest BCUT2D eigenvalue weighted by atomic mass is 16.3. The number of nitrogens with two attached hydrogens (primary N) is 1. The highest BCUT2D eigenvalue weighted by Crippen LogP contribution is 2.35. The zero-order valence-corrected chi connectivity index (χ0v) is 17.7. The van der Waals surface area contributed by atoms with Crippen molar-refractivity contribution in [2.75, 3.05) is 31.9 Å². The van der Waals surface area contributed by atoms with Gasteiger partial charge in [-0.25, -0.2) is 4.79 Å². The number of nitrogens with zero attached hydrogens (tertiary/aromatic N) is 1. The van der Waals surface area contributed by atoms with E-state index in [1.807, 2.05) is 48.5 Å². The van der Waals surface area contributed by atoms with Crippen LogP contribution in [0.2, 0.25) is 0 Å². The number of rotatable bonds is 5. The second kappa shape index (κ2) is 9.57. The number of urea groups is 1. The van der Waals surface area contributed by atoms with Gasteiger partial charge in [0, 0.05) is 42.8 Å². The molecule has 1 fully saturated rings. The molecular formula is C24H27N5O3. The minimum absolute atomic E-state index is 0.127. The Morgan fingerprint density at radius 1 is 1.06 bits per heavy atom. The predicted octanol–water partition coefficient (Wildman–Crippen LogP) is 2.10. The molecule has 1 saturated heterocycles. The summed E-state index contributed by atoms with van der Waals surface area (Å²) in [5.41, 5.74) is 7.92. The number of nitrogen functional groups attached to an aromatic ring is 1. The molecular weight excluding hydrogens is 406 g/mol. The minimum Gasteiger partial charge on any atom is -0.507 e. The van der Waals surface area contributed by atoms with Crippen LogP contribution in [0.4, 0.5) is 10.5 Å². The fourth-order valence-electron chi connectivity index (χ4n) is 3.96. The maximum absolute atomic E-state index is 12.9. The molecule has 0 saturated carbocycles. The molecule has 4 rings (SSSR count). The number of piperazine rings is 1. The number of amides is 3. The molecule has 1 unspecified atom stereocenters. The van der Waals surface area contributed by atoms with Crippen LogP contribution in [0.3, 0.4) is 0 Å². The van der Waals surface area contributed by atoms with Gasteiger partial charge >= 0.3 is 6.03 Å². The van der Waals surface area contributed by atoms with Crippen molar-refractivity contribution in [3.05, 3.63) is 71.8 Å². The molecule has 166 valence electrons. The number of hydrogen-bond donors (Lipinski definition) is 5. The third kappa shape index (κ3) is 4.76. The van der Waals surface area contributed by atoms with Gasteiger partial charge in [-0.3, -0.25) is 4.79 Å². The van der Waals surface area contributed by atoms with Crippen molar-refractivity contribution in [2.24, 2.45) is 0 Å². The number of fused-ring (bicyclic) bond motifs is 1. The first-order chi connectivity index (χ1) is 15.5. The zero-order valence-electron chi connectivity index (χ0n) is 17.7. The van der Waals surface area contributed by atoms with Crippen LogP contribution in [0.5, 0.6) is 5.75 Å². The summed E-state index contributed by atoms with van der Waals surface area (Å²) in [6, 6.07) is 17.9. The lowest BCUT2D eigenvalue weighted by Crippen LogP contribution is -2.52. The van der Waals surface area contributed by atoms with E-state index in [1.54, 1.807) is 17.0 Å². The number of carbonyl (C=O) groups excluding carboxylic acids is 2. The van der Waals surface area contributed by atoms with Crippen LogP contribution in [0, 0.1) is 0 Å². The smallest absolute Gasteiger partial charge is 0.315 e. The summed E-state index contributed by atoms with van der Waals surface area (Å²) in [7, 11) is 0. The lowest BCUT2D eigenvalue weighted by atomic mass is 9.97. The first-order valence-electron chi connectivity index (χ1n) is 10.6. The summed E-state index contributed by atoms with van der Waals surface area (Å²) in [5.74, 6) is -0.0181. The van der Waals surface area contributed by atoms with E-state index in [4.69, 9.17) is 5.73 Å². The van der Waals surface area contributed by atoms with Crippen LogP contribution in [0.15, 0.2) is 60.7 Å². The molecule has 3 aromatic rings. The minimum atomic E-state index is -0.421. The Labute approximate surface area is 186 Å². The summed E-state index contributed by atoms with van der Waals surface area (Å²) >= 11 is 0. The van der Waals surface area contributed by atoms with Crippen molar-refractivity contribution in [3.63, 3.8) is 0 Å². The molecule has 3 amide bonds. The van der Waals surface area contributed by atoms with E-state index < -0.39 is 6.03 Å². The van der Waals surface area contributed by atoms with E-state index in [2.05, 4.69) is 16.0 Å². The molecule has 8 nitrogen and oxygen atoms in total. The van der Waals surface area contributed by atoms with Gasteiger partial charge in [0.15, 0.2) is 0 Å². The first-order valence-corrected chi connectivity index (χ1v) is 10.6. The second-order valence-corrected chi connectivity index (χ2v) is 7.81. The number of hydrogen-bond acceptors (Lipinski definition) is 5. The monoisotopic (exact) mass is 433 g/mol. The molecule has 8 heteroatoms. The van der Waals surface area contributed by atoms with Crippen LogP contribution < -0.4 is 21.7 Å². The van der Waals surface area contributed by atoms with Gasteiger partial charge in [0.25, 0.3) is 0 Å². The van der Waals surface area contributed by atoms with Crippen molar-refractivity contribution in [2.45, 2.75) is 12.6 Å². The Balaban J connectivity index is 1.39. The number of nitrogens with one attached hydrogen (secondary N) is 3. The van der Waals surface area contributed by atoms with Gasteiger partial charge in [0.05, 0.1) is 12.6 Å². The van der Waals surface area contributed by atoms with Crippen molar-refractivity contribution in [3.8, 4) is 5.75 Å². The molecule has 3 aromatic carbocycles. The number of anilines is 1. The molecule has 32 heavy (non-hydrogen) atoms. The Kier molecular flexibility index (Phi) is 6.42. The number of phenolic OH excluding ortho intramolecular Hbond substituents is 1. The maximum atomic E-state index is 12.9. The number of carbonyl (C=O) groups is 2. The van der Waals surface area contributed by atoms with Gasteiger partial charge in [-0.1, -0.05) is 48.5 Å². The number of phenols is 1. The van der Waals surface area contributed by atoms with Crippen molar-refractivity contribution >= 4 is 28.4 Å². The molecule has 1 heterocycles. The van der Waals surface area contributed by atoms with E-state index in [-0.39, 0.29) is 24.2 Å². The molecule has 0 bridgehead atoms. The standard InChI is InChI=1S/C24H27N5O3/c25-18-8-5-16(6-9-18)13-27-24(32)28-15-22(30)29-12-11-26-14-21(29)20-10-7-17-3-1-2-4-19(17)23(20)31/h1-10,21,26,31H,11-15,25H2,(H2,27,28,32). The lowest BCUT2D eigenvalue weighted by molar-refractivity contribution is -0.133. The van der Waals surface area contributed by atoms with Crippen LogP contribution in [-0.2, 0) is 11.3 Å². The van der Waals surface area contributed by atoms with E-state index in [9.17, 15) is 14.7 Å². The van der Waals surface area contributed by atoms with Gasteiger partial charge in [-0.15, -0.1) is 0 Å². The fourth-order valence-corrected chi connectivity index (χ4v) is 3.96. The Morgan fingerprint density at radius 2 is 1.84 bits per heavy atom. The molecule has 1 aliphatic heterocycles. The molecule has 0 aromatic heterocycles. The summed E-state index contributed by atoms with van der Waals surface area (Å²) in [4.78, 5) is 26.8. The third-order valence-corrected chi connectivity index (χ3v) is 5.69. The molecule has 0 radical (unpaired) electrons.